The van der Waals surface area contributed by atoms with E-state index in [1.165, 1.54) is 11.3 Å². The number of carboxylic acid groups (broad SMARTS) is 1. The fourth-order valence-corrected chi connectivity index (χ4v) is 4.09. The van der Waals surface area contributed by atoms with E-state index in [1.807, 2.05) is 54.7 Å². The number of carbonyl (C=O) groups excluding carboxylic acids is 1. The molecule has 4 N–H and O–H groups in total. The first-order valence-corrected chi connectivity index (χ1v) is 9.78. The zero-order valence-corrected chi connectivity index (χ0v) is 16.1. The Morgan fingerprint density at radius 3 is 2.72 bits per heavy atom. The Morgan fingerprint density at radius 2 is 1.93 bits per heavy atom. The zero-order chi connectivity index (χ0) is 20.2. The molecular formula is C21H18N4O3S. The number of nitrogens with one attached hydrogen (secondary N) is 3. The van der Waals surface area contributed by atoms with E-state index in [9.17, 15) is 9.59 Å². The van der Waals surface area contributed by atoms with Crippen molar-refractivity contribution in [3.8, 4) is 10.4 Å². The molecule has 0 radical (unpaired) electrons. The molecule has 0 aliphatic carbocycles. The van der Waals surface area contributed by atoms with E-state index >= 15 is 0 Å². The smallest absolute Gasteiger partial charge is 0.404 e. The molecule has 4 aromatic rings. The minimum Gasteiger partial charge on any atom is -0.465 e. The average molecular weight is 406 g/mol. The van der Waals surface area contributed by atoms with Crippen LogP contribution in [0.4, 0.5) is 4.79 Å². The molecule has 2 amide bonds. The molecule has 0 spiro atoms. The summed E-state index contributed by atoms with van der Waals surface area (Å²) in [6, 6.07) is 16.4. The SMILES string of the molecule is O=C(O)NCC(NC(=O)c1ccc(-c2ccnc3[nH]ccc23)s1)c1ccccc1. The predicted molar refractivity (Wildman–Crippen MR) is 112 cm³/mol. The zero-order valence-electron chi connectivity index (χ0n) is 15.3. The third kappa shape index (κ3) is 4.12. The van der Waals surface area contributed by atoms with Gasteiger partial charge in [0.25, 0.3) is 5.91 Å². The van der Waals surface area contributed by atoms with E-state index in [4.69, 9.17) is 5.11 Å². The van der Waals surface area contributed by atoms with Gasteiger partial charge in [0.2, 0.25) is 0 Å². The molecule has 7 nitrogen and oxygen atoms in total. The quantitative estimate of drug-likeness (QED) is 0.388. The molecule has 1 unspecified atom stereocenters. The highest BCUT2D eigenvalue weighted by atomic mass is 32.1. The fourth-order valence-electron chi connectivity index (χ4n) is 3.14. The number of thiophene rings is 1. The summed E-state index contributed by atoms with van der Waals surface area (Å²) >= 11 is 1.38. The molecule has 146 valence electrons. The van der Waals surface area contributed by atoms with Gasteiger partial charge in [-0.3, -0.25) is 4.79 Å². The molecule has 8 heteroatoms. The standard InChI is InChI=1S/C21H18N4O3S/c26-20(25-16(12-24-21(27)28)13-4-2-1-3-5-13)18-7-6-17(29-18)14-8-10-22-19-15(14)9-11-23-19/h1-11,16,24H,12H2,(H,22,23)(H,25,26)(H,27,28). The number of hydrogen-bond donors (Lipinski definition) is 4. The van der Waals surface area contributed by atoms with E-state index in [0.29, 0.717) is 4.88 Å². The number of fused-ring (bicyclic) bond motifs is 1. The van der Waals surface area contributed by atoms with Crippen LogP contribution >= 0.6 is 11.3 Å². The van der Waals surface area contributed by atoms with Crippen molar-refractivity contribution in [3.05, 3.63) is 77.4 Å². The molecule has 3 aromatic heterocycles. The van der Waals surface area contributed by atoms with Crippen LogP contribution < -0.4 is 10.6 Å². The number of aromatic nitrogens is 2. The number of carbonyl (C=O) groups is 2. The van der Waals surface area contributed by atoms with Crippen molar-refractivity contribution in [2.45, 2.75) is 6.04 Å². The minimum absolute atomic E-state index is 0.0810. The number of pyridine rings is 1. The van der Waals surface area contributed by atoms with Crippen molar-refractivity contribution < 1.29 is 14.7 Å². The van der Waals surface area contributed by atoms with Crippen molar-refractivity contribution in [1.29, 1.82) is 0 Å². The Balaban J connectivity index is 1.56. The van der Waals surface area contributed by atoms with Crippen LogP contribution in [0.5, 0.6) is 0 Å². The van der Waals surface area contributed by atoms with E-state index in [2.05, 4.69) is 20.6 Å². The second kappa shape index (κ2) is 8.15. The molecular weight excluding hydrogens is 388 g/mol. The highest BCUT2D eigenvalue weighted by Crippen LogP contribution is 2.32. The van der Waals surface area contributed by atoms with Crippen molar-refractivity contribution >= 4 is 34.4 Å². The average Bonchev–Trinajstić information content (AvgIpc) is 3.40. The van der Waals surface area contributed by atoms with Gasteiger partial charge in [0.1, 0.15) is 5.65 Å². The molecule has 0 fully saturated rings. The van der Waals surface area contributed by atoms with E-state index in [0.717, 1.165) is 27.0 Å². The van der Waals surface area contributed by atoms with Gasteiger partial charge in [0.15, 0.2) is 0 Å². The van der Waals surface area contributed by atoms with Crippen molar-refractivity contribution in [2.75, 3.05) is 6.54 Å². The van der Waals surface area contributed by atoms with Crippen LogP contribution in [0, 0.1) is 0 Å². The number of H-pyrrole nitrogens is 1. The van der Waals surface area contributed by atoms with Crippen LogP contribution in [0.3, 0.4) is 0 Å². The second-order valence-electron chi connectivity index (χ2n) is 6.39. The first-order chi connectivity index (χ1) is 14.1. The third-order valence-corrected chi connectivity index (χ3v) is 5.64. The summed E-state index contributed by atoms with van der Waals surface area (Å²) in [5.74, 6) is -0.248. The fraction of sp³-hybridized carbons (Fsp3) is 0.0952. The van der Waals surface area contributed by atoms with Gasteiger partial charge in [0, 0.05) is 34.8 Å². The molecule has 0 aliphatic heterocycles. The van der Waals surface area contributed by atoms with Gasteiger partial charge in [0.05, 0.1) is 10.9 Å². The Kier molecular flexibility index (Phi) is 5.26. The predicted octanol–water partition coefficient (Wildman–Crippen LogP) is 4.03. The summed E-state index contributed by atoms with van der Waals surface area (Å²) in [6.07, 6.45) is 2.44. The number of hydrogen-bond acceptors (Lipinski definition) is 4. The van der Waals surface area contributed by atoms with Crippen LogP contribution in [0.15, 0.2) is 67.0 Å². The molecule has 0 bridgehead atoms. The van der Waals surface area contributed by atoms with E-state index in [-0.39, 0.29) is 12.5 Å². The molecule has 3 heterocycles. The van der Waals surface area contributed by atoms with Crippen molar-refractivity contribution in [1.82, 2.24) is 20.6 Å². The van der Waals surface area contributed by atoms with Gasteiger partial charge < -0.3 is 20.7 Å². The van der Waals surface area contributed by atoms with Crippen LogP contribution in [0.2, 0.25) is 0 Å². The molecule has 29 heavy (non-hydrogen) atoms. The topological polar surface area (TPSA) is 107 Å². The lowest BCUT2D eigenvalue weighted by molar-refractivity contribution is 0.0939. The maximum Gasteiger partial charge on any atom is 0.404 e. The number of aromatic amines is 1. The normalized spacial score (nSPS) is 11.9. The maximum absolute atomic E-state index is 12.8. The summed E-state index contributed by atoms with van der Waals surface area (Å²) in [7, 11) is 0. The number of nitrogens with zero attached hydrogens (tertiary/aromatic N) is 1. The van der Waals surface area contributed by atoms with E-state index in [1.54, 1.807) is 12.3 Å². The molecule has 0 saturated heterocycles. The largest absolute Gasteiger partial charge is 0.465 e. The summed E-state index contributed by atoms with van der Waals surface area (Å²) in [4.78, 5) is 32.6. The highest BCUT2D eigenvalue weighted by Gasteiger charge is 2.18. The van der Waals surface area contributed by atoms with Gasteiger partial charge in [-0.25, -0.2) is 9.78 Å². The molecule has 1 aromatic carbocycles. The monoisotopic (exact) mass is 406 g/mol. The van der Waals surface area contributed by atoms with Crippen LogP contribution in [0.1, 0.15) is 21.3 Å². The van der Waals surface area contributed by atoms with Gasteiger partial charge in [-0.2, -0.15) is 0 Å². The van der Waals surface area contributed by atoms with Crippen LogP contribution in [-0.2, 0) is 0 Å². The van der Waals surface area contributed by atoms with Crippen molar-refractivity contribution in [2.24, 2.45) is 0 Å². The second-order valence-corrected chi connectivity index (χ2v) is 7.47. The number of rotatable bonds is 6. The Hall–Kier alpha value is -3.65. The molecule has 0 saturated carbocycles. The lowest BCUT2D eigenvalue weighted by Crippen LogP contribution is -2.37. The summed E-state index contributed by atoms with van der Waals surface area (Å²) in [6.45, 7) is 0.0810. The molecule has 0 aliphatic rings. The molecule has 4 rings (SSSR count). The summed E-state index contributed by atoms with van der Waals surface area (Å²) in [5, 5.41) is 15.2. The number of benzene rings is 1. The lowest BCUT2D eigenvalue weighted by Gasteiger charge is -2.18. The maximum atomic E-state index is 12.8. The van der Waals surface area contributed by atoms with Gasteiger partial charge in [-0.1, -0.05) is 30.3 Å². The van der Waals surface area contributed by atoms with Gasteiger partial charge >= 0.3 is 6.09 Å². The Bertz CT molecular complexity index is 1150. The first kappa shape index (κ1) is 18.7. The summed E-state index contributed by atoms with van der Waals surface area (Å²) in [5.41, 5.74) is 2.63. The van der Waals surface area contributed by atoms with Crippen LogP contribution in [-0.4, -0.2) is 33.6 Å². The van der Waals surface area contributed by atoms with Gasteiger partial charge in [-0.15, -0.1) is 11.3 Å². The molecule has 1 atom stereocenters. The van der Waals surface area contributed by atoms with Crippen LogP contribution in [0.25, 0.3) is 21.5 Å². The minimum atomic E-state index is -1.13. The number of amides is 2. The van der Waals surface area contributed by atoms with Gasteiger partial charge in [-0.05, 0) is 29.8 Å². The Morgan fingerprint density at radius 1 is 1.10 bits per heavy atom. The van der Waals surface area contributed by atoms with E-state index < -0.39 is 12.1 Å². The third-order valence-electron chi connectivity index (χ3n) is 4.52. The summed E-state index contributed by atoms with van der Waals surface area (Å²) < 4.78 is 0. The Labute approximate surface area is 170 Å². The lowest BCUT2D eigenvalue weighted by atomic mass is 10.1. The first-order valence-electron chi connectivity index (χ1n) is 8.97. The highest BCUT2D eigenvalue weighted by molar-refractivity contribution is 7.17. The van der Waals surface area contributed by atoms with Crippen molar-refractivity contribution in [3.63, 3.8) is 0 Å².